The first-order chi connectivity index (χ1) is 10.8. The number of carbonyl (C=O) groups excluding carboxylic acids is 1. The number of aromatic nitrogens is 2. The standard InChI is InChI=1S/C15H16N4O2S/c1-22-15-16-4-2-13(17-15)18-7-11-6-12(8-18)19(11)14(20)10-3-5-21-9-10/h2-5,9,11-12H,6-8H2,1H3. The molecule has 2 unspecified atom stereocenters. The molecule has 0 saturated carbocycles. The molecule has 3 aliphatic heterocycles. The third-order valence-electron chi connectivity index (χ3n) is 4.32. The molecule has 5 rings (SSSR count). The molecule has 6 nitrogen and oxygen atoms in total. The maximum Gasteiger partial charge on any atom is 0.257 e. The molecule has 0 aromatic carbocycles. The largest absolute Gasteiger partial charge is 0.472 e. The fourth-order valence-corrected chi connectivity index (χ4v) is 3.62. The van der Waals surface area contributed by atoms with Gasteiger partial charge in [-0.15, -0.1) is 0 Å². The number of fused-ring (bicyclic) bond motifs is 2. The van der Waals surface area contributed by atoms with Crippen LogP contribution in [0.4, 0.5) is 5.82 Å². The summed E-state index contributed by atoms with van der Waals surface area (Å²) >= 11 is 1.54. The topological polar surface area (TPSA) is 62.5 Å². The van der Waals surface area contributed by atoms with E-state index in [2.05, 4.69) is 14.9 Å². The third kappa shape index (κ3) is 2.16. The van der Waals surface area contributed by atoms with Gasteiger partial charge in [-0.05, 0) is 24.8 Å². The summed E-state index contributed by atoms with van der Waals surface area (Å²) in [5, 5.41) is 0.781. The minimum absolute atomic E-state index is 0.0714. The van der Waals surface area contributed by atoms with Crippen LogP contribution in [-0.4, -0.2) is 52.2 Å². The molecule has 2 aromatic rings. The summed E-state index contributed by atoms with van der Waals surface area (Å²) in [6, 6.07) is 4.18. The number of rotatable bonds is 3. The van der Waals surface area contributed by atoms with E-state index in [1.54, 1.807) is 18.5 Å². The first-order valence-corrected chi connectivity index (χ1v) is 8.45. The highest BCUT2D eigenvalue weighted by atomic mass is 32.2. The highest BCUT2D eigenvalue weighted by Gasteiger charge is 2.47. The van der Waals surface area contributed by atoms with Crippen LogP contribution in [0.25, 0.3) is 0 Å². The lowest BCUT2D eigenvalue weighted by Crippen LogP contribution is -2.70. The van der Waals surface area contributed by atoms with Crippen molar-refractivity contribution in [1.82, 2.24) is 14.9 Å². The van der Waals surface area contributed by atoms with Gasteiger partial charge in [0.15, 0.2) is 5.16 Å². The van der Waals surface area contributed by atoms with Crippen molar-refractivity contribution >= 4 is 23.5 Å². The number of piperidine rings is 1. The number of amides is 1. The highest BCUT2D eigenvalue weighted by molar-refractivity contribution is 7.98. The molecule has 2 bridgehead atoms. The molecule has 3 fully saturated rings. The molecular weight excluding hydrogens is 300 g/mol. The molecular formula is C15H16N4O2S. The van der Waals surface area contributed by atoms with Gasteiger partial charge in [-0.3, -0.25) is 4.79 Å². The van der Waals surface area contributed by atoms with E-state index in [1.165, 1.54) is 18.0 Å². The van der Waals surface area contributed by atoms with Gasteiger partial charge in [-0.25, -0.2) is 9.97 Å². The molecule has 0 N–H and O–H groups in total. The molecule has 5 heterocycles. The van der Waals surface area contributed by atoms with Gasteiger partial charge >= 0.3 is 0 Å². The van der Waals surface area contributed by atoms with Crippen molar-refractivity contribution in [2.24, 2.45) is 0 Å². The van der Waals surface area contributed by atoms with Gasteiger partial charge in [0.1, 0.15) is 12.1 Å². The predicted octanol–water partition coefficient (Wildman–Crippen LogP) is 1.89. The monoisotopic (exact) mass is 316 g/mol. The molecule has 22 heavy (non-hydrogen) atoms. The van der Waals surface area contributed by atoms with Crippen LogP contribution in [0.2, 0.25) is 0 Å². The molecule has 114 valence electrons. The molecule has 7 heteroatoms. The molecule has 0 aliphatic carbocycles. The van der Waals surface area contributed by atoms with Gasteiger partial charge in [0.25, 0.3) is 5.91 Å². The lowest BCUT2D eigenvalue weighted by Gasteiger charge is -2.56. The minimum atomic E-state index is 0.0714. The zero-order chi connectivity index (χ0) is 15.1. The summed E-state index contributed by atoms with van der Waals surface area (Å²) < 4.78 is 5.02. The Hall–Kier alpha value is -2.02. The minimum Gasteiger partial charge on any atom is -0.472 e. The van der Waals surface area contributed by atoms with E-state index >= 15 is 0 Å². The van der Waals surface area contributed by atoms with Crippen LogP contribution < -0.4 is 4.90 Å². The van der Waals surface area contributed by atoms with Gasteiger partial charge in [-0.2, -0.15) is 0 Å². The summed E-state index contributed by atoms with van der Waals surface area (Å²) in [5.74, 6) is 1.02. The van der Waals surface area contributed by atoms with Gasteiger partial charge in [0.2, 0.25) is 0 Å². The van der Waals surface area contributed by atoms with Crippen molar-refractivity contribution in [3.05, 3.63) is 36.4 Å². The fourth-order valence-electron chi connectivity index (χ4n) is 3.27. The maximum absolute atomic E-state index is 12.5. The third-order valence-corrected chi connectivity index (χ3v) is 4.88. The average Bonchev–Trinajstić information content (AvgIpc) is 3.09. The first kappa shape index (κ1) is 13.6. The van der Waals surface area contributed by atoms with Crippen LogP contribution >= 0.6 is 11.8 Å². The molecule has 2 aromatic heterocycles. The summed E-state index contributed by atoms with van der Waals surface area (Å²) in [5.41, 5.74) is 0.634. The van der Waals surface area contributed by atoms with E-state index in [-0.39, 0.29) is 18.0 Å². The van der Waals surface area contributed by atoms with Crippen molar-refractivity contribution in [3.63, 3.8) is 0 Å². The molecule has 3 saturated heterocycles. The average molecular weight is 316 g/mol. The number of piperazine rings is 1. The van der Waals surface area contributed by atoms with Crippen molar-refractivity contribution in [1.29, 1.82) is 0 Å². The molecule has 1 amide bonds. The number of hydrogen-bond donors (Lipinski definition) is 0. The number of furan rings is 1. The number of thioether (sulfide) groups is 1. The second-order valence-electron chi connectivity index (χ2n) is 5.57. The summed E-state index contributed by atoms with van der Waals surface area (Å²) in [4.78, 5) is 25.5. The fraction of sp³-hybridized carbons (Fsp3) is 0.400. The number of hydrogen-bond acceptors (Lipinski definition) is 6. The number of nitrogens with zero attached hydrogens (tertiary/aromatic N) is 4. The Kier molecular flexibility index (Phi) is 3.29. The van der Waals surface area contributed by atoms with Gasteiger partial charge < -0.3 is 14.2 Å². The Morgan fingerprint density at radius 1 is 1.36 bits per heavy atom. The lowest BCUT2D eigenvalue weighted by molar-refractivity contribution is 0.00568. The second kappa shape index (κ2) is 5.31. The Bertz CT molecular complexity index is 679. The highest BCUT2D eigenvalue weighted by Crippen LogP contribution is 2.35. The molecule has 0 spiro atoms. The summed E-state index contributed by atoms with van der Waals surface area (Å²) in [6.07, 6.45) is 7.89. The van der Waals surface area contributed by atoms with E-state index in [0.29, 0.717) is 5.56 Å². The van der Waals surface area contributed by atoms with Crippen LogP contribution in [0.5, 0.6) is 0 Å². The van der Waals surface area contributed by atoms with Crippen LogP contribution in [0, 0.1) is 0 Å². The van der Waals surface area contributed by atoms with Gasteiger partial charge in [-0.1, -0.05) is 11.8 Å². The molecule has 0 radical (unpaired) electrons. The first-order valence-electron chi connectivity index (χ1n) is 7.23. The molecule has 2 atom stereocenters. The summed E-state index contributed by atoms with van der Waals surface area (Å²) in [7, 11) is 0. The number of carbonyl (C=O) groups is 1. The van der Waals surface area contributed by atoms with Crippen LogP contribution in [0.3, 0.4) is 0 Å². The quantitative estimate of drug-likeness (QED) is 0.636. The zero-order valence-electron chi connectivity index (χ0n) is 12.2. The normalized spacial score (nSPS) is 23.3. The number of anilines is 1. The van der Waals surface area contributed by atoms with E-state index in [1.807, 2.05) is 17.2 Å². The zero-order valence-corrected chi connectivity index (χ0v) is 13.0. The van der Waals surface area contributed by atoms with Crippen molar-refractivity contribution in [2.75, 3.05) is 24.2 Å². The lowest BCUT2D eigenvalue weighted by atomic mass is 9.86. The smallest absolute Gasteiger partial charge is 0.257 e. The Balaban J connectivity index is 1.49. The Labute approximate surface area is 132 Å². The van der Waals surface area contributed by atoms with Gasteiger partial charge in [0, 0.05) is 19.3 Å². The Morgan fingerprint density at radius 2 is 2.18 bits per heavy atom. The second-order valence-corrected chi connectivity index (χ2v) is 6.35. The van der Waals surface area contributed by atoms with E-state index in [9.17, 15) is 4.79 Å². The van der Waals surface area contributed by atoms with Crippen molar-refractivity contribution in [2.45, 2.75) is 23.7 Å². The van der Waals surface area contributed by atoms with E-state index < -0.39 is 0 Å². The van der Waals surface area contributed by atoms with Crippen LogP contribution in [0.1, 0.15) is 16.8 Å². The summed E-state index contributed by atoms with van der Waals surface area (Å²) in [6.45, 7) is 1.65. The van der Waals surface area contributed by atoms with Crippen LogP contribution in [0.15, 0.2) is 40.4 Å². The van der Waals surface area contributed by atoms with E-state index in [4.69, 9.17) is 4.42 Å². The van der Waals surface area contributed by atoms with E-state index in [0.717, 1.165) is 30.5 Å². The molecule has 3 aliphatic rings. The maximum atomic E-state index is 12.5. The van der Waals surface area contributed by atoms with Crippen molar-refractivity contribution in [3.8, 4) is 0 Å². The van der Waals surface area contributed by atoms with Gasteiger partial charge in [0.05, 0.1) is 23.9 Å². The Morgan fingerprint density at radius 3 is 2.86 bits per heavy atom. The predicted molar refractivity (Wildman–Crippen MR) is 83.1 cm³/mol. The van der Waals surface area contributed by atoms with Crippen molar-refractivity contribution < 1.29 is 9.21 Å². The SMILES string of the molecule is CSc1nccc(N2CC3CC(C2)N3C(=O)c2ccoc2)n1. The van der Waals surface area contributed by atoms with Crippen LogP contribution in [-0.2, 0) is 0 Å².